The maximum absolute atomic E-state index is 12.5. The van der Waals surface area contributed by atoms with Crippen molar-refractivity contribution in [3.63, 3.8) is 0 Å². The fourth-order valence-corrected chi connectivity index (χ4v) is 3.19. The van der Waals surface area contributed by atoms with Gasteiger partial charge in [0.2, 0.25) is 0 Å². The van der Waals surface area contributed by atoms with Crippen molar-refractivity contribution in [3.05, 3.63) is 77.9 Å². The summed E-state index contributed by atoms with van der Waals surface area (Å²) >= 11 is 0. The highest BCUT2D eigenvalue weighted by Gasteiger charge is 2.15. The third kappa shape index (κ3) is 4.86. The first-order valence-corrected chi connectivity index (χ1v) is 9.26. The molecule has 0 aliphatic carbocycles. The second-order valence-corrected chi connectivity index (χ2v) is 6.94. The second kappa shape index (κ2) is 8.69. The summed E-state index contributed by atoms with van der Waals surface area (Å²) in [7, 11) is 3.54. The van der Waals surface area contributed by atoms with Crippen molar-refractivity contribution in [3.8, 4) is 5.75 Å². The molecule has 0 aromatic heterocycles. The van der Waals surface area contributed by atoms with Crippen molar-refractivity contribution in [2.24, 2.45) is 0 Å². The van der Waals surface area contributed by atoms with Crippen LogP contribution >= 0.6 is 0 Å². The monoisotopic (exact) mass is 363 g/mol. The Bertz CT molecular complexity index is 909. The molecule has 0 spiro atoms. The van der Waals surface area contributed by atoms with Gasteiger partial charge in [0, 0.05) is 19.2 Å². The molecule has 0 heterocycles. The molecule has 4 nitrogen and oxygen atoms in total. The van der Waals surface area contributed by atoms with Gasteiger partial charge < -0.3 is 15.0 Å². The molecular weight excluding hydrogens is 336 g/mol. The van der Waals surface area contributed by atoms with Crippen LogP contribution in [0, 0.1) is 0 Å². The maximum Gasteiger partial charge on any atom is 0.277 e. The largest absolute Gasteiger partial charge is 0.497 e. The molecule has 0 saturated heterocycles. The lowest BCUT2D eigenvalue weighted by Crippen LogP contribution is -2.86. The van der Waals surface area contributed by atoms with Gasteiger partial charge in [-0.05, 0) is 41.5 Å². The second-order valence-electron chi connectivity index (χ2n) is 6.94. The number of carbonyl (C=O) groups excluding carboxylic acids is 1. The van der Waals surface area contributed by atoms with Crippen LogP contribution in [0.4, 0.5) is 0 Å². The number of nitrogens with two attached hydrogens (primary N) is 1. The van der Waals surface area contributed by atoms with Gasteiger partial charge in [0.05, 0.1) is 7.11 Å². The topological polar surface area (TPSA) is 46.1 Å². The highest BCUT2D eigenvalue weighted by Crippen LogP contribution is 2.22. The number of rotatable bonds is 7. The highest BCUT2D eigenvalue weighted by molar-refractivity contribution is 5.84. The Hall–Kier alpha value is -2.85. The Labute approximate surface area is 160 Å². The lowest BCUT2D eigenvalue weighted by atomic mass is 10.1. The van der Waals surface area contributed by atoms with Gasteiger partial charge in [-0.1, -0.05) is 48.5 Å². The lowest BCUT2D eigenvalue weighted by molar-refractivity contribution is -0.683. The minimum absolute atomic E-state index is 0.132. The molecule has 0 bridgehead atoms. The van der Waals surface area contributed by atoms with Crippen molar-refractivity contribution in [2.75, 3.05) is 20.7 Å². The number of likely N-dealkylation sites (N-methyl/N-ethyl adjacent to an activating group) is 1. The molecule has 1 atom stereocenters. The SMILES string of the molecule is COc1ccc2cc(CN(C)C(=O)C[NH2+][C@@H](C)c3ccccc3)ccc2c1. The van der Waals surface area contributed by atoms with Crippen LogP contribution in [-0.2, 0) is 11.3 Å². The van der Waals surface area contributed by atoms with Gasteiger partial charge in [-0.3, -0.25) is 4.79 Å². The third-order valence-electron chi connectivity index (χ3n) is 4.93. The van der Waals surface area contributed by atoms with E-state index in [1.165, 1.54) is 5.56 Å². The third-order valence-corrected chi connectivity index (χ3v) is 4.93. The van der Waals surface area contributed by atoms with E-state index in [9.17, 15) is 4.79 Å². The summed E-state index contributed by atoms with van der Waals surface area (Å²) < 4.78 is 5.27. The fraction of sp³-hybridized carbons (Fsp3) is 0.261. The summed E-state index contributed by atoms with van der Waals surface area (Å²) in [5.74, 6) is 0.984. The van der Waals surface area contributed by atoms with Crippen molar-refractivity contribution in [2.45, 2.75) is 19.5 Å². The summed E-state index contributed by atoms with van der Waals surface area (Å²) in [6, 6.07) is 22.8. The average molecular weight is 363 g/mol. The van der Waals surface area contributed by atoms with E-state index in [1.54, 1.807) is 12.0 Å². The molecule has 0 aliphatic heterocycles. The van der Waals surface area contributed by atoms with E-state index in [-0.39, 0.29) is 11.9 Å². The number of quaternary nitrogens is 1. The molecule has 0 fully saturated rings. The van der Waals surface area contributed by atoms with Crippen molar-refractivity contribution < 1.29 is 14.8 Å². The number of nitrogens with zero attached hydrogens (tertiary/aromatic N) is 1. The van der Waals surface area contributed by atoms with Gasteiger partial charge in [0.1, 0.15) is 11.8 Å². The number of benzene rings is 3. The first-order valence-electron chi connectivity index (χ1n) is 9.26. The molecule has 27 heavy (non-hydrogen) atoms. The van der Waals surface area contributed by atoms with Crippen molar-refractivity contribution in [1.29, 1.82) is 0 Å². The Morgan fingerprint density at radius 1 is 1.04 bits per heavy atom. The van der Waals surface area contributed by atoms with E-state index in [0.717, 1.165) is 22.1 Å². The smallest absolute Gasteiger partial charge is 0.277 e. The number of hydrogen-bond acceptors (Lipinski definition) is 2. The zero-order valence-electron chi connectivity index (χ0n) is 16.2. The van der Waals surface area contributed by atoms with Gasteiger partial charge in [0.15, 0.2) is 6.54 Å². The molecule has 3 aromatic carbocycles. The molecule has 2 N–H and O–H groups in total. The summed E-state index contributed by atoms with van der Waals surface area (Å²) in [5, 5.41) is 4.37. The zero-order valence-corrected chi connectivity index (χ0v) is 16.2. The van der Waals surface area contributed by atoms with Crippen LogP contribution < -0.4 is 10.1 Å². The van der Waals surface area contributed by atoms with Crippen LogP contribution in [0.3, 0.4) is 0 Å². The lowest BCUT2D eigenvalue weighted by Gasteiger charge is -2.18. The van der Waals surface area contributed by atoms with Crippen LogP contribution in [0.1, 0.15) is 24.1 Å². The summed E-state index contributed by atoms with van der Waals surface area (Å²) in [4.78, 5) is 14.3. The summed E-state index contributed by atoms with van der Waals surface area (Å²) in [6.07, 6.45) is 0. The molecule has 0 aliphatic rings. The molecular formula is C23H27N2O2+. The molecule has 3 aromatic rings. The first-order chi connectivity index (χ1) is 13.1. The Kier molecular flexibility index (Phi) is 6.09. The standard InChI is InChI=1S/C23H26N2O2/c1-17(19-7-5-4-6-8-19)24-15-23(26)25(2)16-18-9-10-21-14-22(27-3)12-11-20(21)13-18/h4-14,17,24H,15-16H2,1-3H3/p+1/t17-/m0/s1. The van der Waals surface area contributed by atoms with Gasteiger partial charge >= 0.3 is 0 Å². The fourth-order valence-electron chi connectivity index (χ4n) is 3.19. The predicted molar refractivity (Wildman–Crippen MR) is 109 cm³/mol. The maximum atomic E-state index is 12.5. The van der Waals surface area contributed by atoms with E-state index in [2.05, 4.69) is 48.6 Å². The quantitative estimate of drug-likeness (QED) is 0.701. The number of carbonyl (C=O) groups is 1. The number of amides is 1. The molecule has 3 rings (SSSR count). The van der Waals surface area contributed by atoms with E-state index >= 15 is 0 Å². The van der Waals surface area contributed by atoms with Gasteiger partial charge in [-0.15, -0.1) is 0 Å². The van der Waals surface area contributed by atoms with E-state index in [4.69, 9.17) is 4.74 Å². The van der Waals surface area contributed by atoms with Crippen LogP contribution in [0.5, 0.6) is 5.75 Å². The Balaban J connectivity index is 1.58. The molecule has 0 unspecified atom stereocenters. The minimum Gasteiger partial charge on any atom is -0.497 e. The van der Waals surface area contributed by atoms with Crippen molar-refractivity contribution >= 4 is 16.7 Å². The average Bonchev–Trinajstić information content (AvgIpc) is 2.71. The van der Waals surface area contributed by atoms with Gasteiger partial charge in [0.25, 0.3) is 5.91 Å². The van der Waals surface area contributed by atoms with Crippen LogP contribution in [0.2, 0.25) is 0 Å². The van der Waals surface area contributed by atoms with E-state index in [1.807, 2.05) is 37.4 Å². The van der Waals surface area contributed by atoms with Gasteiger partial charge in [-0.25, -0.2) is 0 Å². The summed E-state index contributed by atoms with van der Waals surface area (Å²) in [6.45, 7) is 3.17. The number of methoxy groups -OCH3 is 1. The predicted octanol–water partition coefficient (Wildman–Crippen LogP) is 3.13. The Morgan fingerprint density at radius 3 is 2.48 bits per heavy atom. The van der Waals surface area contributed by atoms with Crippen molar-refractivity contribution in [1.82, 2.24) is 4.90 Å². The zero-order chi connectivity index (χ0) is 19.2. The van der Waals surface area contributed by atoms with Crippen LogP contribution in [0.25, 0.3) is 10.8 Å². The summed E-state index contributed by atoms with van der Waals surface area (Å²) in [5.41, 5.74) is 2.36. The van der Waals surface area contributed by atoms with E-state index < -0.39 is 0 Å². The highest BCUT2D eigenvalue weighted by atomic mass is 16.5. The first kappa shape index (κ1) is 18.9. The molecule has 140 valence electrons. The number of ether oxygens (including phenoxy) is 1. The number of hydrogen-bond donors (Lipinski definition) is 1. The molecule has 1 amide bonds. The van der Waals surface area contributed by atoms with E-state index in [0.29, 0.717) is 13.1 Å². The molecule has 4 heteroatoms. The molecule has 0 radical (unpaired) electrons. The van der Waals surface area contributed by atoms with Crippen LogP contribution in [-0.4, -0.2) is 31.5 Å². The Morgan fingerprint density at radius 2 is 1.74 bits per heavy atom. The normalized spacial score (nSPS) is 12.0. The van der Waals surface area contributed by atoms with Crippen LogP contribution in [0.15, 0.2) is 66.7 Å². The minimum atomic E-state index is 0.132. The number of fused-ring (bicyclic) bond motifs is 1. The van der Waals surface area contributed by atoms with Gasteiger partial charge in [-0.2, -0.15) is 0 Å². The molecule has 0 saturated carbocycles.